The number of anilines is 1. The topological polar surface area (TPSA) is 45.9 Å². The molecule has 2 heterocycles. The summed E-state index contributed by atoms with van der Waals surface area (Å²) in [6, 6.07) is 47.4. The normalized spacial score (nSPS) is 12.9. The van der Waals surface area contributed by atoms with Crippen LogP contribution in [0.4, 0.5) is 10.5 Å². The van der Waals surface area contributed by atoms with Crippen LogP contribution in [0.2, 0.25) is 0 Å². The highest BCUT2D eigenvalue weighted by Gasteiger charge is 2.31. The minimum absolute atomic E-state index is 0.339. The lowest BCUT2D eigenvalue weighted by Crippen LogP contribution is -2.74. The van der Waals surface area contributed by atoms with E-state index in [-0.39, 0.29) is 6.09 Å². The molecule has 6 rings (SSSR count). The van der Waals surface area contributed by atoms with Crippen molar-refractivity contribution < 1.29 is 19.1 Å². The van der Waals surface area contributed by atoms with Gasteiger partial charge >= 0.3 is 6.09 Å². The van der Waals surface area contributed by atoms with E-state index in [4.69, 9.17) is 9.57 Å². The Morgan fingerprint density at radius 1 is 0.705 bits per heavy atom. The minimum Gasteiger partial charge on any atom is -0.378 e. The van der Waals surface area contributed by atoms with Gasteiger partial charge in [0.05, 0.1) is 13.2 Å². The molecule has 0 aliphatic carbocycles. The first-order valence-electron chi connectivity index (χ1n) is 15.1. The highest BCUT2D eigenvalue weighted by molar-refractivity contribution is 7.19. The van der Waals surface area contributed by atoms with Crippen molar-refractivity contribution in [1.82, 2.24) is 4.90 Å². The number of morpholine rings is 1. The number of nitrogens with zero attached hydrogens (tertiary/aromatic N) is 3. The highest BCUT2D eigenvalue weighted by Crippen LogP contribution is 2.10. The van der Waals surface area contributed by atoms with E-state index in [0.717, 1.165) is 11.4 Å². The summed E-state index contributed by atoms with van der Waals surface area (Å²) in [7, 11) is 3.94. The second-order valence-electron chi connectivity index (χ2n) is 11.2. The number of carbonyl (C=O) groups excluding carboxylic acids is 1. The second kappa shape index (κ2) is 14.5. The van der Waals surface area contributed by atoms with E-state index in [9.17, 15) is 4.79 Å². The number of rotatable bonds is 6. The molecule has 1 aliphatic rings. The van der Waals surface area contributed by atoms with Crippen molar-refractivity contribution in [3.05, 3.63) is 145 Å². The molecular formula is C37H40BN3O3. The summed E-state index contributed by atoms with van der Waals surface area (Å²) >= 11 is 0. The van der Waals surface area contributed by atoms with Crippen LogP contribution >= 0.6 is 0 Å². The summed E-state index contributed by atoms with van der Waals surface area (Å²) in [4.78, 5) is 21.0. The van der Waals surface area contributed by atoms with Crippen molar-refractivity contribution in [1.29, 1.82) is 0 Å². The fraction of sp³-hybridized carbons (Fsp3) is 0.189. The number of pyridine rings is 1. The number of aromatic nitrogens is 1. The van der Waals surface area contributed by atoms with Crippen molar-refractivity contribution in [2.45, 2.75) is 6.92 Å². The van der Waals surface area contributed by atoms with E-state index in [1.54, 1.807) is 11.1 Å². The Morgan fingerprint density at radius 3 is 1.48 bits per heavy atom. The number of aryl methyl sites for hydroxylation is 1. The molecule has 6 nitrogen and oxygen atoms in total. The molecule has 4 aromatic carbocycles. The Labute approximate surface area is 261 Å². The fourth-order valence-electron chi connectivity index (χ4n) is 5.98. The molecule has 0 radical (unpaired) electrons. The van der Waals surface area contributed by atoms with E-state index >= 15 is 0 Å². The zero-order valence-corrected chi connectivity index (χ0v) is 25.8. The Hall–Kier alpha value is -4.88. The van der Waals surface area contributed by atoms with Gasteiger partial charge in [0.1, 0.15) is 6.15 Å². The Morgan fingerprint density at radius 2 is 1.11 bits per heavy atom. The lowest BCUT2D eigenvalue weighted by Gasteiger charge is -2.44. The molecule has 0 unspecified atom stereocenters. The molecule has 1 fully saturated rings. The van der Waals surface area contributed by atoms with Crippen LogP contribution in [-0.2, 0) is 4.74 Å². The Balaban J connectivity index is 0.000000182. The van der Waals surface area contributed by atoms with Gasteiger partial charge in [0.25, 0.3) is 0 Å². The van der Waals surface area contributed by atoms with Gasteiger partial charge in [-0.2, -0.15) is 26.7 Å². The van der Waals surface area contributed by atoms with Crippen LogP contribution in [0.25, 0.3) is 0 Å². The highest BCUT2D eigenvalue weighted by atomic mass is 16.7. The van der Waals surface area contributed by atoms with E-state index in [0.29, 0.717) is 26.3 Å². The lowest BCUT2D eigenvalue weighted by atomic mass is 9.13. The van der Waals surface area contributed by atoms with Crippen molar-refractivity contribution in [3.8, 4) is 0 Å². The van der Waals surface area contributed by atoms with E-state index in [1.807, 2.05) is 38.1 Å². The Kier molecular flexibility index (Phi) is 10.1. The number of ether oxygens (including phenoxy) is 1. The quantitative estimate of drug-likeness (QED) is 0.227. The van der Waals surface area contributed by atoms with Crippen molar-refractivity contribution >= 4 is 39.8 Å². The summed E-state index contributed by atoms with van der Waals surface area (Å²) in [5.74, 6) is 0. The van der Waals surface area contributed by atoms with Crippen LogP contribution < -0.4 is 36.3 Å². The fourth-order valence-corrected chi connectivity index (χ4v) is 5.98. The van der Waals surface area contributed by atoms with Gasteiger partial charge in [-0.1, -0.05) is 121 Å². The molecule has 0 spiro atoms. The van der Waals surface area contributed by atoms with Gasteiger partial charge in [0, 0.05) is 56.7 Å². The molecule has 44 heavy (non-hydrogen) atoms. The summed E-state index contributed by atoms with van der Waals surface area (Å²) in [5.41, 5.74) is 7.29. The molecule has 224 valence electrons. The van der Waals surface area contributed by atoms with Crippen LogP contribution in [0.3, 0.4) is 0 Å². The number of carbonyl (C=O) groups is 1. The standard InChI is InChI=1S/C24H20B.C13H20N3O3/c1-5-13-21(14-6-1)25(22-15-7-2-8-16-22,23-17-9-3-10-18-23)24-19-11-4-12-20-24;1-11-10-12(14(2)3)4-5-16(11)19-13(17)15-6-8-18-9-7-15/h1-20H;4-5,10H,6-9H2,1-3H3/q-1;+1. The molecule has 0 N–H and O–H groups in total. The smallest absolute Gasteiger partial charge is 0.378 e. The first-order valence-corrected chi connectivity index (χ1v) is 15.1. The number of hydrogen-bond acceptors (Lipinski definition) is 4. The molecule has 1 amide bonds. The number of hydrogen-bond donors (Lipinski definition) is 0. The van der Waals surface area contributed by atoms with Gasteiger partial charge in [0.15, 0.2) is 0 Å². The SMILES string of the molecule is Cc1cc(N(C)C)cc[n+]1OC(=O)N1CCOCC1.c1ccc([B-](c2ccccc2)(c2ccccc2)c2ccccc2)cc1. The number of amides is 1. The maximum Gasteiger partial charge on any atom is 0.478 e. The van der Waals surface area contributed by atoms with Crippen LogP contribution in [0.15, 0.2) is 140 Å². The van der Waals surface area contributed by atoms with E-state index in [1.165, 1.54) is 26.6 Å². The van der Waals surface area contributed by atoms with Gasteiger partial charge < -0.3 is 9.64 Å². The lowest BCUT2D eigenvalue weighted by molar-refractivity contribution is -0.873. The summed E-state index contributed by atoms with van der Waals surface area (Å²) < 4.78 is 6.69. The predicted octanol–water partition coefficient (Wildman–Crippen LogP) is 3.29. The van der Waals surface area contributed by atoms with Crippen LogP contribution in [-0.4, -0.2) is 57.5 Å². The molecule has 1 aromatic heterocycles. The average molecular weight is 586 g/mol. The van der Waals surface area contributed by atoms with Gasteiger partial charge in [-0.15, -0.1) is 0 Å². The van der Waals surface area contributed by atoms with Gasteiger partial charge in [-0.25, -0.2) is 4.79 Å². The second-order valence-corrected chi connectivity index (χ2v) is 11.2. The first kappa shape index (κ1) is 30.6. The average Bonchev–Trinajstić information content (AvgIpc) is 3.09. The van der Waals surface area contributed by atoms with Gasteiger partial charge in [-0.3, -0.25) is 4.90 Å². The van der Waals surface area contributed by atoms with Crippen LogP contribution in [0.5, 0.6) is 0 Å². The van der Waals surface area contributed by atoms with Crippen molar-refractivity contribution in [3.63, 3.8) is 0 Å². The maximum atomic E-state index is 12.0. The third kappa shape index (κ3) is 6.85. The third-order valence-electron chi connectivity index (χ3n) is 8.25. The number of benzene rings is 4. The molecular weight excluding hydrogens is 545 g/mol. The third-order valence-corrected chi connectivity index (χ3v) is 8.25. The van der Waals surface area contributed by atoms with Crippen LogP contribution in [0.1, 0.15) is 5.69 Å². The molecule has 1 aliphatic heterocycles. The molecule has 7 heteroatoms. The zero-order valence-electron chi connectivity index (χ0n) is 25.8. The van der Waals surface area contributed by atoms with Crippen molar-refractivity contribution in [2.24, 2.45) is 0 Å². The summed E-state index contributed by atoms with van der Waals surface area (Å²) in [6.07, 6.45) is 0.199. The summed E-state index contributed by atoms with van der Waals surface area (Å²) in [6.45, 7) is 4.19. The Bertz CT molecular complexity index is 1450. The molecule has 5 aromatic rings. The van der Waals surface area contributed by atoms with Gasteiger partial charge in [-0.05, 0) is 0 Å². The molecule has 1 saturated heterocycles. The van der Waals surface area contributed by atoms with E-state index in [2.05, 4.69) is 121 Å². The van der Waals surface area contributed by atoms with Gasteiger partial charge in [0.2, 0.25) is 11.9 Å². The van der Waals surface area contributed by atoms with Crippen LogP contribution in [0, 0.1) is 6.92 Å². The first-order chi connectivity index (χ1) is 21.5. The molecule has 0 saturated carbocycles. The largest absolute Gasteiger partial charge is 0.478 e. The monoisotopic (exact) mass is 585 g/mol. The minimum atomic E-state index is -1.22. The van der Waals surface area contributed by atoms with Crippen molar-refractivity contribution in [2.75, 3.05) is 45.3 Å². The van der Waals surface area contributed by atoms with E-state index < -0.39 is 6.15 Å². The predicted molar refractivity (Wildman–Crippen MR) is 180 cm³/mol. The maximum absolute atomic E-state index is 12.0. The zero-order chi connectivity index (χ0) is 30.8. The molecule has 0 atom stereocenters. The molecule has 0 bridgehead atoms. The summed E-state index contributed by atoms with van der Waals surface area (Å²) in [5, 5.41) is 0.